The SMILES string of the molecule is N#C/C(=C\c1ccc(N2c3ccccc3[Si](c3ccccc3)(c3ccccc3)c3ccccc32)[se]1)c1nc2ccccc2s1. The van der Waals surface area contributed by atoms with Gasteiger partial charge in [0.15, 0.2) is 0 Å². The van der Waals surface area contributed by atoms with E-state index < -0.39 is 8.07 Å². The Morgan fingerprint density at radius 2 is 1.25 bits per heavy atom. The Kier molecular flexibility index (Phi) is 6.74. The molecule has 3 heterocycles. The summed E-state index contributed by atoms with van der Waals surface area (Å²) in [7, 11) is -2.62. The minimum absolute atomic E-state index is 0.0000539. The summed E-state index contributed by atoms with van der Waals surface area (Å²) in [5, 5.41) is 16.4. The second-order valence-electron chi connectivity index (χ2n) is 10.7. The Hall–Kier alpha value is -4.76. The first-order valence-corrected chi connectivity index (χ1v) is 19.0. The molecule has 8 rings (SSSR count). The van der Waals surface area contributed by atoms with Gasteiger partial charge in [0.2, 0.25) is 0 Å². The van der Waals surface area contributed by atoms with Crippen molar-refractivity contribution in [3.63, 3.8) is 0 Å². The summed E-state index contributed by atoms with van der Waals surface area (Å²) in [6.07, 6.45) is 2.04. The van der Waals surface area contributed by atoms with Gasteiger partial charge in [-0.05, 0) is 0 Å². The molecule has 44 heavy (non-hydrogen) atoms. The molecule has 0 atom stereocenters. The molecule has 0 saturated heterocycles. The Morgan fingerprint density at radius 1 is 0.682 bits per heavy atom. The van der Waals surface area contributed by atoms with Crippen LogP contribution in [0, 0.1) is 11.3 Å². The van der Waals surface area contributed by atoms with Gasteiger partial charge in [-0.3, -0.25) is 0 Å². The number of rotatable bonds is 5. The van der Waals surface area contributed by atoms with Crippen molar-refractivity contribution in [2.75, 3.05) is 4.90 Å². The Bertz CT molecular complexity index is 2090. The summed E-state index contributed by atoms with van der Waals surface area (Å²) < 4.78 is 3.52. The van der Waals surface area contributed by atoms with Crippen LogP contribution in [-0.2, 0) is 0 Å². The molecule has 5 aromatic carbocycles. The number of nitrogens with zero attached hydrogens (tertiary/aromatic N) is 3. The van der Waals surface area contributed by atoms with E-state index in [1.54, 1.807) is 11.3 Å². The molecule has 0 spiro atoms. The molecule has 0 bridgehead atoms. The molecule has 0 saturated carbocycles. The number of hydrogen-bond donors (Lipinski definition) is 0. The Balaban J connectivity index is 1.31. The van der Waals surface area contributed by atoms with Gasteiger partial charge < -0.3 is 0 Å². The second kappa shape index (κ2) is 11.1. The predicted molar refractivity (Wildman–Crippen MR) is 188 cm³/mol. The van der Waals surface area contributed by atoms with Gasteiger partial charge in [-0.25, -0.2) is 0 Å². The molecule has 3 nitrogen and oxygen atoms in total. The topological polar surface area (TPSA) is 39.9 Å². The van der Waals surface area contributed by atoms with Crippen LogP contribution in [0.4, 0.5) is 15.9 Å². The molecular weight excluding hydrogens is 638 g/mol. The molecule has 6 heteroatoms. The van der Waals surface area contributed by atoms with Crippen LogP contribution in [0.15, 0.2) is 146 Å². The third-order valence-corrected chi connectivity index (χ3v) is 16.3. The van der Waals surface area contributed by atoms with Crippen LogP contribution in [0.2, 0.25) is 0 Å². The summed E-state index contributed by atoms with van der Waals surface area (Å²) in [4.78, 5) is 7.23. The van der Waals surface area contributed by atoms with E-state index >= 15 is 0 Å². The first kappa shape index (κ1) is 26.8. The molecule has 0 fully saturated rings. The Labute approximate surface area is 267 Å². The Morgan fingerprint density at radius 3 is 1.86 bits per heavy atom. The van der Waals surface area contributed by atoms with E-state index in [0.717, 1.165) is 15.2 Å². The van der Waals surface area contributed by atoms with Gasteiger partial charge in [-0.15, -0.1) is 0 Å². The second-order valence-corrected chi connectivity index (χ2v) is 17.7. The summed E-state index contributed by atoms with van der Waals surface area (Å²) in [5.74, 6) is 0. The zero-order valence-electron chi connectivity index (χ0n) is 23.6. The van der Waals surface area contributed by atoms with Gasteiger partial charge in [0.25, 0.3) is 0 Å². The van der Waals surface area contributed by atoms with Crippen LogP contribution in [0.5, 0.6) is 0 Å². The molecule has 208 valence electrons. The standard InChI is InChI=1S/C38H25N3SSeSi/c39-26-27(38-40-31-17-7-10-20-34(31)42-38)25-28-23-24-37(43-28)41-32-18-8-11-21-35(32)44(29-13-3-1-4-14-29,30-15-5-2-6-16-30)36-22-12-9-19-33(36)41/h1-25H/b27-25+. The quantitative estimate of drug-likeness (QED) is 0.155. The maximum atomic E-state index is 10.1. The number of nitriles is 1. The number of thiazole rings is 1. The minimum atomic E-state index is -2.62. The third-order valence-electron chi connectivity index (χ3n) is 8.28. The number of allylic oxidation sites excluding steroid dienone is 1. The van der Waals surface area contributed by atoms with Crippen molar-refractivity contribution in [2.24, 2.45) is 0 Å². The van der Waals surface area contributed by atoms with Crippen LogP contribution in [-0.4, -0.2) is 27.6 Å². The number of aromatic nitrogens is 1. The molecule has 1 aliphatic rings. The maximum absolute atomic E-state index is 10.1. The number of anilines is 3. The number of fused-ring (bicyclic) bond motifs is 3. The van der Waals surface area contributed by atoms with Crippen molar-refractivity contribution in [3.8, 4) is 6.07 Å². The zero-order chi connectivity index (χ0) is 29.5. The van der Waals surface area contributed by atoms with Crippen molar-refractivity contribution in [1.82, 2.24) is 4.98 Å². The molecule has 2 aromatic heterocycles. The average molecular weight is 663 g/mol. The first-order chi connectivity index (χ1) is 21.8. The van der Waals surface area contributed by atoms with E-state index in [0.29, 0.717) is 5.57 Å². The number of hydrogen-bond acceptors (Lipinski definition) is 4. The van der Waals surface area contributed by atoms with E-state index in [1.165, 1.54) is 41.1 Å². The van der Waals surface area contributed by atoms with E-state index in [-0.39, 0.29) is 14.5 Å². The van der Waals surface area contributed by atoms with Crippen LogP contribution >= 0.6 is 11.3 Å². The van der Waals surface area contributed by atoms with Crippen LogP contribution in [0.1, 0.15) is 9.44 Å². The summed E-state index contributed by atoms with van der Waals surface area (Å²) in [6, 6.07) is 55.1. The van der Waals surface area contributed by atoms with Gasteiger partial charge in [-0.2, -0.15) is 0 Å². The molecule has 0 N–H and O–H groups in total. The first-order valence-electron chi connectivity index (χ1n) is 14.4. The number of benzene rings is 5. The summed E-state index contributed by atoms with van der Waals surface area (Å²) in [6.45, 7) is 0. The van der Waals surface area contributed by atoms with E-state index in [4.69, 9.17) is 4.98 Å². The predicted octanol–water partition coefficient (Wildman–Crippen LogP) is 6.58. The van der Waals surface area contributed by atoms with Crippen LogP contribution in [0.25, 0.3) is 21.9 Å². The van der Waals surface area contributed by atoms with Crippen molar-refractivity contribution in [2.45, 2.75) is 0 Å². The van der Waals surface area contributed by atoms with E-state index in [1.807, 2.05) is 24.3 Å². The van der Waals surface area contributed by atoms with Crippen LogP contribution in [0.3, 0.4) is 0 Å². The normalized spacial score (nSPS) is 13.7. The monoisotopic (exact) mass is 663 g/mol. The van der Waals surface area contributed by atoms with E-state index in [9.17, 15) is 5.26 Å². The van der Waals surface area contributed by atoms with Crippen molar-refractivity contribution in [3.05, 3.63) is 155 Å². The average Bonchev–Trinajstić information content (AvgIpc) is 3.74. The zero-order valence-corrected chi connectivity index (χ0v) is 27.1. The number of para-hydroxylation sites is 3. The molecule has 7 aromatic rings. The van der Waals surface area contributed by atoms with Crippen molar-refractivity contribution >= 4 is 92.5 Å². The molecule has 0 radical (unpaired) electrons. The fourth-order valence-corrected chi connectivity index (χ4v) is 14.5. The molecule has 1 aliphatic heterocycles. The van der Waals surface area contributed by atoms with E-state index in [2.05, 4.69) is 138 Å². The van der Waals surface area contributed by atoms with Crippen LogP contribution < -0.4 is 25.6 Å². The molecule has 0 amide bonds. The van der Waals surface area contributed by atoms with Crippen molar-refractivity contribution in [1.29, 1.82) is 5.26 Å². The molecule has 0 unspecified atom stereocenters. The van der Waals surface area contributed by atoms with Gasteiger partial charge in [0.1, 0.15) is 0 Å². The van der Waals surface area contributed by atoms with Gasteiger partial charge in [0.05, 0.1) is 0 Å². The van der Waals surface area contributed by atoms with Crippen molar-refractivity contribution < 1.29 is 0 Å². The van der Waals surface area contributed by atoms with Gasteiger partial charge >= 0.3 is 269 Å². The molecular formula is C38H25N3SSeSi. The summed E-state index contributed by atoms with van der Waals surface area (Å²) in [5.41, 5.74) is 4.03. The molecule has 0 aliphatic carbocycles. The van der Waals surface area contributed by atoms with Gasteiger partial charge in [-0.1, -0.05) is 0 Å². The fourth-order valence-electron chi connectivity index (χ4n) is 6.46. The fraction of sp³-hybridized carbons (Fsp3) is 0. The van der Waals surface area contributed by atoms with Gasteiger partial charge in [0, 0.05) is 0 Å². The third kappa shape index (κ3) is 4.25. The summed E-state index contributed by atoms with van der Waals surface area (Å²) >= 11 is 1.57.